The van der Waals surface area contributed by atoms with Gasteiger partial charge in [-0.2, -0.15) is 9.97 Å². The molecule has 0 saturated heterocycles. The third-order valence-corrected chi connectivity index (χ3v) is 7.09. The number of hydrogen-bond donors (Lipinski definition) is 0. The Bertz CT molecular complexity index is 1160. The Hall–Kier alpha value is -3.38. The first kappa shape index (κ1) is 23.0. The van der Waals surface area contributed by atoms with Crippen molar-refractivity contribution >= 4 is 23.1 Å². The highest BCUT2D eigenvalue weighted by Gasteiger charge is 2.42. The molecule has 2 aliphatic heterocycles. The number of carbonyl (C=O) groups excluding carboxylic acids is 2. The smallest absolute Gasteiger partial charge is 0.334 e. The summed E-state index contributed by atoms with van der Waals surface area (Å²) in [5.74, 6) is 1.03. The number of hydroxylamine groups is 6. The Balaban J connectivity index is 1.07. The normalized spacial score (nSPS) is 28.3. The Morgan fingerprint density at radius 3 is 1.58 bits per heavy atom. The molecular weight excluding hydrogens is 468 g/mol. The summed E-state index contributed by atoms with van der Waals surface area (Å²) in [6, 6.07) is 0. The molecule has 12 nitrogen and oxygen atoms in total. The van der Waals surface area contributed by atoms with Gasteiger partial charge in [0.1, 0.15) is 40.3 Å². The maximum absolute atomic E-state index is 12.8. The Labute approximate surface area is 207 Å². The summed E-state index contributed by atoms with van der Waals surface area (Å²) in [6.45, 7) is 1.69. The van der Waals surface area contributed by atoms with Crippen molar-refractivity contribution in [2.24, 2.45) is 0 Å². The van der Waals surface area contributed by atoms with Gasteiger partial charge in [0.25, 0.3) is 11.8 Å². The van der Waals surface area contributed by atoms with Gasteiger partial charge in [0.05, 0.1) is 11.1 Å². The van der Waals surface area contributed by atoms with Crippen molar-refractivity contribution in [2.75, 3.05) is 40.3 Å². The van der Waals surface area contributed by atoms with Crippen LogP contribution in [0.4, 0.5) is 0 Å². The van der Waals surface area contributed by atoms with Crippen LogP contribution in [0.25, 0.3) is 11.1 Å². The minimum absolute atomic E-state index is 0.109. The molecule has 2 saturated carbocycles. The molecule has 2 fully saturated rings. The van der Waals surface area contributed by atoms with Crippen molar-refractivity contribution in [2.45, 2.75) is 50.4 Å². The third-order valence-electron chi connectivity index (χ3n) is 7.09. The minimum atomic E-state index is -1.03. The zero-order chi connectivity index (χ0) is 24.9. The highest BCUT2D eigenvalue weighted by molar-refractivity contribution is 6.29. The predicted molar refractivity (Wildman–Crippen MR) is 122 cm³/mol. The van der Waals surface area contributed by atoms with Crippen molar-refractivity contribution in [1.82, 2.24) is 20.3 Å². The van der Waals surface area contributed by atoms with Crippen LogP contribution in [0.3, 0.4) is 0 Å². The number of hydrogen-bond acceptors (Lipinski definition) is 10. The molecule has 0 radical (unpaired) electrons. The van der Waals surface area contributed by atoms with E-state index in [2.05, 4.69) is 20.3 Å². The lowest BCUT2D eigenvalue weighted by molar-refractivity contribution is -1.07. The molecule has 0 aromatic carbocycles. The molecule has 12 heteroatoms. The fourth-order valence-corrected chi connectivity index (χ4v) is 4.72. The first-order chi connectivity index (χ1) is 17.3. The number of rotatable bonds is 6. The van der Waals surface area contributed by atoms with Crippen LogP contribution in [0, 0.1) is 0 Å². The summed E-state index contributed by atoms with van der Waals surface area (Å²) in [4.78, 5) is 45.8. The van der Waals surface area contributed by atoms with Crippen molar-refractivity contribution in [3.05, 3.63) is 35.6 Å². The van der Waals surface area contributed by atoms with Crippen LogP contribution in [0.2, 0.25) is 0 Å². The standard InChI is InChI=1S/C24H30N6O6/c1-29(11-3-5-17(13-29)21-25-19(27-33-21)15-7-8-15)35-23(31)24(32)36-30(2)12-4-6-18(14-30)22-26-20(28-34-22)16-9-10-16/h5-6,15-16H,3-4,7-14H2,1-2H3/q+2. The lowest BCUT2D eigenvalue weighted by Crippen LogP contribution is -2.53. The van der Waals surface area contributed by atoms with Crippen LogP contribution >= 0.6 is 0 Å². The molecule has 190 valence electrons. The van der Waals surface area contributed by atoms with Crippen molar-refractivity contribution in [1.29, 1.82) is 0 Å². The summed E-state index contributed by atoms with van der Waals surface area (Å²) in [6.07, 6.45) is 9.63. The average Bonchev–Trinajstić information content (AvgIpc) is 3.78. The quantitative estimate of drug-likeness (QED) is 0.432. The molecule has 2 aromatic rings. The van der Waals surface area contributed by atoms with Gasteiger partial charge in [-0.15, -0.1) is 9.29 Å². The highest BCUT2D eigenvalue weighted by Crippen LogP contribution is 2.39. The summed E-state index contributed by atoms with van der Waals surface area (Å²) in [5.41, 5.74) is 1.61. The number of aromatic nitrogens is 4. The Morgan fingerprint density at radius 1 is 0.778 bits per heavy atom. The second kappa shape index (κ2) is 8.63. The third kappa shape index (κ3) is 4.82. The zero-order valence-electron chi connectivity index (χ0n) is 20.5. The van der Waals surface area contributed by atoms with Gasteiger partial charge < -0.3 is 9.05 Å². The van der Waals surface area contributed by atoms with E-state index >= 15 is 0 Å². The molecular formula is C24H30N6O6+2. The van der Waals surface area contributed by atoms with Gasteiger partial charge in [-0.1, -0.05) is 22.5 Å². The molecule has 6 rings (SSSR count). The maximum Gasteiger partial charge on any atom is 0.480 e. The Morgan fingerprint density at radius 2 is 1.19 bits per heavy atom. The van der Waals surface area contributed by atoms with E-state index < -0.39 is 11.9 Å². The second-order valence-electron chi connectivity index (χ2n) is 10.6. The van der Waals surface area contributed by atoms with E-state index in [9.17, 15) is 9.59 Å². The molecule has 0 spiro atoms. The summed E-state index contributed by atoms with van der Waals surface area (Å²) in [5, 5.41) is 8.13. The zero-order valence-corrected chi connectivity index (χ0v) is 20.5. The molecule has 4 heterocycles. The lowest BCUT2D eigenvalue weighted by Gasteiger charge is -2.34. The van der Waals surface area contributed by atoms with E-state index in [1.807, 2.05) is 12.2 Å². The molecule has 4 aliphatic rings. The molecule has 2 aromatic heterocycles. The van der Waals surface area contributed by atoms with Gasteiger partial charge in [-0.05, 0) is 25.7 Å². The molecule has 2 aliphatic carbocycles. The monoisotopic (exact) mass is 498 g/mol. The number of nitrogens with zero attached hydrogens (tertiary/aromatic N) is 6. The SMILES string of the molecule is C[N+]1(OC(=O)C(=O)O[N+]2(C)CCC=C(c3nc(C4CC4)no3)C2)CCC=C(c2nc(C3CC3)no2)C1. The van der Waals surface area contributed by atoms with Gasteiger partial charge in [0.15, 0.2) is 11.6 Å². The maximum atomic E-state index is 12.8. The molecule has 2 atom stereocenters. The van der Waals surface area contributed by atoms with Crippen LogP contribution in [0.15, 0.2) is 21.2 Å². The van der Waals surface area contributed by atoms with Gasteiger partial charge in [0, 0.05) is 24.7 Å². The van der Waals surface area contributed by atoms with Crippen LogP contribution < -0.4 is 0 Å². The molecule has 0 amide bonds. The largest absolute Gasteiger partial charge is 0.480 e. The average molecular weight is 499 g/mol. The van der Waals surface area contributed by atoms with Crippen molar-refractivity contribution in [3.8, 4) is 0 Å². The molecule has 2 unspecified atom stereocenters. The van der Waals surface area contributed by atoms with Crippen molar-refractivity contribution < 1.29 is 37.6 Å². The number of carbonyl (C=O) groups is 2. The molecule has 0 bridgehead atoms. The molecule has 36 heavy (non-hydrogen) atoms. The van der Waals surface area contributed by atoms with Crippen LogP contribution in [-0.2, 0) is 19.3 Å². The fraction of sp³-hybridized carbons (Fsp3) is 0.583. The van der Waals surface area contributed by atoms with Crippen LogP contribution in [0.5, 0.6) is 0 Å². The minimum Gasteiger partial charge on any atom is -0.334 e. The summed E-state index contributed by atoms with van der Waals surface area (Å²) < 4.78 is 10.6. The van der Waals surface area contributed by atoms with Gasteiger partial charge in [0.2, 0.25) is 0 Å². The van der Waals surface area contributed by atoms with E-state index in [-0.39, 0.29) is 9.29 Å². The number of likely N-dealkylation sites (N-methyl/N-ethyl adjacent to an activating group) is 2. The van der Waals surface area contributed by atoms with Crippen LogP contribution in [-0.4, -0.2) is 81.8 Å². The van der Waals surface area contributed by atoms with E-state index in [1.165, 1.54) is 0 Å². The lowest BCUT2D eigenvalue weighted by atomic mass is 10.1. The summed E-state index contributed by atoms with van der Waals surface area (Å²) >= 11 is 0. The molecule has 0 N–H and O–H groups in total. The van der Waals surface area contributed by atoms with Crippen molar-refractivity contribution in [3.63, 3.8) is 0 Å². The van der Waals surface area contributed by atoms with E-state index in [0.717, 1.165) is 48.5 Å². The van der Waals surface area contributed by atoms with Gasteiger partial charge >= 0.3 is 11.9 Å². The second-order valence-corrected chi connectivity index (χ2v) is 10.6. The van der Waals surface area contributed by atoms with Gasteiger partial charge in [-0.25, -0.2) is 9.59 Å². The van der Waals surface area contributed by atoms with E-state index in [0.29, 0.717) is 62.6 Å². The predicted octanol–water partition coefficient (Wildman–Crippen LogP) is 2.29. The van der Waals surface area contributed by atoms with Crippen LogP contribution in [0.1, 0.15) is 73.8 Å². The van der Waals surface area contributed by atoms with E-state index in [4.69, 9.17) is 18.7 Å². The van der Waals surface area contributed by atoms with E-state index in [1.54, 1.807) is 14.1 Å². The first-order valence-electron chi connectivity index (χ1n) is 12.5. The number of quaternary nitrogens is 2. The Kier molecular flexibility index (Phi) is 5.52. The fourth-order valence-electron chi connectivity index (χ4n) is 4.72. The topological polar surface area (TPSA) is 130 Å². The first-order valence-corrected chi connectivity index (χ1v) is 12.5. The summed E-state index contributed by atoms with van der Waals surface area (Å²) in [7, 11) is 3.50. The van der Waals surface area contributed by atoms with Gasteiger partial charge in [-0.3, -0.25) is 9.68 Å². The highest BCUT2D eigenvalue weighted by atomic mass is 16.8.